The predicted molar refractivity (Wildman–Crippen MR) is 94.4 cm³/mol. The van der Waals surface area contributed by atoms with Gasteiger partial charge in [-0.15, -0.1) is 0 Å². The summed E-state index contributed by atoms with van der Waals surface area (Å²) in [5.74, 6) is 1.83. The molecule has 4 rings (SSSR count). The van der Waals surface area contributed by atoms with Gasteiger partial charge in [0.05, 0.1) is 0 Å². The van der Waals surface area contributed by atoms with Crippen LogP contribution in [0.15, 0.2) is 24.3 Å². The van der Waals surface area contributed by atoms with Gasteiger partial charge in [0, 0.05) is 37.4 Å². The van der Waals surface area contributed by atoms with E-state index < -0.39 is 0 Å². The van der Waals surface area contributed by atoms with Crippen molar-refractivity contribution in [1.82, 2.24) is 10.2 Å². The highest BCUT2D eigenvalue weighted by molar-refractivity contribution is 6.30. The van der Waals surface area contributed by atoms with Gasteiger partial charge in [0.15, 0.2) is 0 Å². The predicted octanol–water partition coefficient (Wildman–Crippen LogP) is 3.65. The van der Waals surface area contributed by atoms with Crippen LogP contribution in [0.5, 0.6) is 0 Å². The van der Waals surface area contributed by atoms with Gasteiger partial charge in [-0.1, -0.05) is 23.7 Å². The van der Waals surface area contributed by atoms with Gasteiger partial charge < -0.3 is 15.0 Å². The smallest absolute Gasteiger partial charge is 0.317 e. The van der Waals surface area contributed by atoms with E-state index in [2.05, 4.69) is 17.4 Å². The molecule has 0 radical (unpaired) electrons. The van der Waals surface area contributed by atoms with Crippen molar-refractivity contribution in [2.45, 2.75) is 37.6 Å². The first kappa shape index (κ1) is 16.2. The Morgan fingerprint density at radius 1 is 1.17 bits per heavy atom. The molecule has 1 saturated carbocycles. The van der Waals surface area contributed by atoms with Crippen molar-refractivity contribution in [3.05, 3.63) is 34.9 Å². The molecule has 2 aliphatic heterocycles. The molecule has 0 aromatic heterocycles. The molecular formula is C19H25ClN2O2. The summed E-state index contributed by atoms with van der Waals surface area (Å²) in [7, 11) is 0. The van der Waals surface area contributed by atoms with Crippen LogP contribution in [-0.2, 0) is 4.74 Å². The third-order valence-electron chi connectivity index (χ3n) is 5.95. The summed E-state index contributed by atoms with van der Waals surface area (Å²) in [6, 6.07) is 8.52. The number of amides is 2. The maximum absolute atomic E-state index is 12.5. The standard InChI is InChI=1S/C19H25ClN2O2/c20-17-3-1-13(2-4-17)16-9-18(10-16)21-19(23)22-7-5-14(11-22)15-6-8-24-12-15/h1-4,14-16,18H,5-12H2,(H,21,23)/t14-,15+,16?,18?/m1/s1. The number of hydrogen-bond acceptors (Lipinski definition) is 2. The normalized spacial score (nSPS) is 32.6. The average Bonchev–Trinajstić information content (AvgIpc) is 3.22. The molecule has 24 heavy (non-hydrogen) atoms. The fraction of sp³-hybridized carbons (Fsp3) is 0.632. The van der Waals surface area contributed by atoms with E-state index in [0.29, 0.717) is 23.8 Å². The second-order valence-electron chi connectivity index (χ2n) is 7.48. The first-order valence-electron chi connectivity index (χ1n) is 9.07. The highest BCUT2D eigenvalue weighted by Crippen LogP contribution is 2.37. The van der Waals surface area contributed by atoms with Crippen LogP contribution >= 0.6 is 11.6 Å². The van der Waals surface area contributed by atoms with Gasteiger partial charge in [-0.2, -0.15) is 0 Å². The molecule has 2 heterocycles. The Kier molecular flexibility index (Phi) is 4.68. The maximum Gasteiger partial charge on any atom is 0.317 e. The summed E-state index contributed by atoms with van der Waals surface area (Å²) in [6.07, 6.45) is 4.34. The number of nitrogens with one attached hydrogen (secondary N) is 1. The fourth-order valence-corrected chi connectivity index (χ4v) is 4.42. The molecule has 2 atom stereocenters. The molecule has 0 spiro atoms. The molecule has 1 N–H and O–H groups in total. The van der Waals surface area contributed by atoms with Crippen LogP contribution < -0.4 is 5.32 Å². The SMILES string of the molecule is O=C(NC1CC(c2ccc(Cl)cc2)C1)N1CC[C@@H]([C@H]2CCOC2)C1. The van der Waals surface area contributed by atoms with Crippen LogP contribution in [-0.4, -0.2) is 43.3 Å². The lowest BCUT2D eigenvalue weighted by atomic mass is 9.76. The summed E-state index contributed by atoms with van der Waals surface area (Å²) < 4.78 is 5.49. The molecule has 4 nitrogen and oxygen atoms in total. The average molecular weight is 349 g/mol. The number of hydrogen-bond donors (Lipinski definition) is 1. The molecule has 3 aliphatic rings. The first-order valence-corrected chi connectivity index (χ1v) is 9.45. The number of benzene rings is 1. The summed E-state index contributed by atoms with van der Waals surface area (Å²) in [4.78, 5) is 14.5. The largest absolute Gasteiger partial charge is 0.381 e. The number of nitrogens with zero attached hydrogens (tertiary/aromatic N) is 1. The lowest BCUT2D eigenvalue weighted by Crippen LogP contribution is -2.48. The van der Waals surface area contributed by atoms with E-state index in [4.69, 9.17) is 16.3 Å². The molecule has 5 heteroatoms. The van der Waals surface area contributed by atoms with Gasteiger partial charge in [0.25, 0.3) is 0 Å². The van der Waals surface area contributed by atoms with Crippen molar-refractivity contribution < 1.29 is 9.53 Å². The zero-order valence-electron chi connectivity index (χ0n) is 13.9. The minimum Gasteiger partial charge on any atom is -0.381 e. The number of rotatable bonds is 3. The Bertz CT molecular complexity index is 580. The highest BCUT2D eigenvalue weighted by Gasteiger charge is 2.36. The zero-order valence-corrected chi connectivity index (χ0v) is 14.7. The molecule has 3 fully saturated rings. The summed E-state index contributed by atoms with van der Waals surface area (Å²) in [5, 5.41) is 3.99. The Hall–Kier alpha value is -1.26. The van der Waals surface area contributed by atoms with Gasteiger partial charge in [-0.25, -0.2) is 4.79 Å². The van der Waals surface area contributed by atoms with Crippen molar-refractivity contribution in [3.8, 4) is 0 Å². The van der Waals surface area contributed by atoms with Gasteiger partial charge in [-0.3, -0.25) is 0 Å². The Labute approximate surface area is 148 Å². The van der Waals surface area contributed by atoms with Crippen LogP contribution in [0, 0.1) is 11.8 Å². The molecule has 1 aromatic carbocycles. The van der Waals surface area contributed by atoms with Crippen molar-refractivity contribution in [2.24, 2.45) is 11.8 Å². The number of carbonyl (C=O) groups is 1. The van der Waals surface area contributed by atoms with E-state index in [1.54, 1.807) is 0 Å². The second kappa shape index (κ2) is 6.93. The van der Waals surface area contributed by atoms with Crippen LogP contribution in [0.4, 0.5) is 4.79 Å². The summed E-state index contributed by atoms with van der Waals surface area (Å²) in [5.41, 5.74) is 1.33. The van der Waals surface area contributed by atoms with Gasteiger partial charge in [0.1, 0.15) is 0 Å². The molecule has 2 saturated heterocycles. The molecular weight excluding hydrogens is 324 g/mol. The third kappa shape index (κ3) is 3.40. The second-order valence-corrected chi connectivity index (χ2v) is 7.92. The van der Waals surface area contributed by atoms with E-state index >= 15 is 0 Å². The molecule has 0 bridgehead atoms. The molecule has 1 aromatic rings. The minimum atomic E-state index is 0.121. The van der Waals surface area contributed by atoms with Gasteiger partial charge >= 0.3 is 6.03 Å². The number of likely N-dealkylation sites (tertiary alicyclic amines) is 1. The Morgan fingerprint density at radius 2 is 1.96 bits per heavy atom. The van der Waals surface area contributed by atoms with E-state index in [1.807, 2.05) is 17.0 Å². The minimum absolute atomic E-state index is 0.121. The van der Waals surface area contributed by atoms with Crippen molar-refractivity contribution >= 4 is 17.6 Å². The van der Waals surface area contributed by atoms with E-state index in [-0.39, 0.29) is 6.03 Å². The van der Waals surface area contributed by atoms with Crippen molar-refractivity contribution in [3.63, 3.8) is 0 Å². The van der Waals surface area contributed by atoms with Crippen molar-refractivity contribution in [1.29, 1.82) is 0 Å². The molecule has 1 aliphatic carbocycles. The molecule has 130 valence electrons. The van der Waals surface area contributed by atoms with Gasteiger partial charge in [-0.05, 0) is 61.1 Å². The number of ether oxygens (including phenoxy) is 1. The van der Waals surface area contributed by atoms with Gasteiger partial charge in [0.2, 0.25) is 0 Å². The van der Waals surface area contributed by atoms with Crippen LogP contribution in [0.1, 0.15) is 37.2 Å². The van der Waals surface area contributed by atoms with E-state index in [0.717, 1.165) is 57.0 Å². The topological polar surface area (TPSA) is 41.6 Å². The number of halogens is 1. The van der Waals surface area contributed by atoms with Crippen molar-refractivity contribution in [2.75, 3.05) is 26.3 Å². The summed E-state index contributed by atoms with van der Waals surface area (Å²) in [6.45, 7) is 3.56. The Balaban J connectivity index is 1.22. The lowest BCUT2D eigenvalue weighted by molar-refractivity contribution is 0.169. The molecule has 2 amide bonds. The molecule has 0 unspecified atom stereocenters. The zero-order chi connectivity index (χ0) is 16.5. The maximum atomic E-state index is 12.5. The fourth-order valence-electron chi connectivity index (χ4n) is 4.29. The highest BCUT2D eigenvalue weighted by atomic mass is 35.5. The quantitative estimate of drug-likeness (QED) is 0.905. The van der Waals surface area contributed by atoms with Crippen LogP contribution in [0.3, 0.4) is 0 Å². The summed E-state index contributed by atoms with van der Waals surface area (Å²) >= 11 is 5.94. The monoisotopic (exact) mass is 348 g/mol. The van der Waals surface area contributed by atoms with E-state index in [1.165, 1.54) is 5.56 Å². The number of urea groups is 1. The van der Waals surface area contributed by atoms with E-state index in [9.17, 15) is 4.79 Å². The lowest BCUT2D eigenvalue weighted by Gasteiger charge is -2.37. The third-order valence-corrected chi connectivity index (χ3v) is 6.20. The first-order chi connectivity index (χ1) is 11.7. The van der Waals surface area contributed by atoms with Crippen LogP contribution in [0.25, 0.3) is 0 Å². The van der Waals surface area contributed by atoms with Crippen LogP contribution in [0.2, 0.25) is 5.02 Å². The Morgan fingerprint density at radius 3 is 2.67 bits per heavy atom. The number of carbonyl (C=O) groups excluding carboxylic acids is 1.